The molecule has 0 radical (unpaired) electrons. The standard InChI is InChI=1S/C7H14O3.CH4O3/c1-4-8-7(9-5-2)10-6-3;2-1(3)4/h4,7H,1,5-6H2,2-3H3;1-4H. The summed E-state index contributed by atoms with van der Waals surface area (Å²) >= 11 is 0. The Labute approximate surface area is 83.3 Å². The van der Waals surface area contributed by atoms with Crippen LogP contribution < -0.4 is 0 Å². The predicted molar refractivity (Wildman–Crippen MR) is 48.8 cm³/mol. The van der Waals surface area contributed by atoms with Crippen LogP contribution in [0.3, 0.4) is 0 Å². The van der Waals surface area contributed by atoms with E-state index in [1.807, 2.05) is 13.8 Å². The van der Waals surface area contributed by atoms with Gasteiger partial charge >= 0.3 is 6.48 Å². The van der Waals surface area contributed by atoms with Crippen molar-refractivity contribution in [1.82, 2.24) is 0 Å². The van der Waals surface area contributed by atoms with Gasteiger partial charge in [0.05, 0.1) is 19.5 Å². The van der Waals surface area contributed by atoms with Gasteiger partial charge in [-0.05, 0) is 13.8 Å². The maximum atomic E-state index is 7.17. The van der Waals surface area contributed by atoms with Crippen LogP contribution in [0.1, 0.15) is 13.8 Å². The molecule has 0 amide bonds. The molecular weight excluding hydrogens is 192 g/mol. The molecule has 0 aliphatic carbocycles. The molecule has 0 saturated heterocycles. The highest BCUT2D eigenvalue weighted by Crippen LogP contribution is 1.96. The fourth-order valence-corrected chi connectivity index (χ4v) is 0.477. The van der Waals surface area contributed by atoms with Gasteiger partial charge in [0.25, 0.3) is 6.48 Å². The average molecular weight is 210 g/mol. The van der Waals surface area contributed by atoms with Gasteiger partial charge in [-0.1, -0.05) is 6.58 Å². The molecule has 0 aromatic rings. The zero-order valence-corrected chi connectivity index (χ0v) is 8.42. The Bertz CT molecular complexity index is 108. The van der Waals surface area contributed by atoms with Gasteiger partial charge < -0.3 is 29.5 Å². The highest BCUT2D eigenvalue weighted by molar-refractivity contribution is 4.47. The van der Waals surface area contributed by atoms with Gasteiger partial charge in [-0.15, -0.1) is 0 Å². The Kier molecular flexibility index (Phi) is 13.9. The van der Waals surface area contributed by atoms with E-state index in [0.29, 0.717) is 13.2 Å². The number of ether oxygens (including phenoxy) is 3. The molecule has 0 fully saturated rings. The lowest BCUT2D eigenvalue weighted by atomic mass is 10.8. The fraction of sp³-hybridized carbons (Fsp3) is 0.750. The van der Waals surface area contributed by atoms with E-state index >= 15 is 0 Å². The zero-order chi connectivity index (χ0) is 11.4. The van der Waals surface area contributed by atoms with Gasteiger partial charge in [-0.3, -0.25) is 0 Å². The predicted octanol–water partition coefficient (Wildman–Crippen LogP) is -0.250. The maximum absolute atomic E-state index is 7.17. The van der Waals surface area contributed by atoms with Gasteiger partial charge in [0.2, 0.25) is 0 Å². The lowest BCUT2D eigenvalue weighted by molar-refractivity contribution is -0.261. The Morgan fingerprint density at radius 3 is 1.71 bits per heavy atom. The topological polar surface area (TPSA) is 88.4 Å². The third-order valence-corrected chi connectivity index (χ3v) is 0.813. The lowest BCUT2D eigenvalue weighted by Crippen LogP contribution is -2.18. The van der Waals surface area contributed by atoms with Crippen molar-refractivity contribution in [2.75, 3.05) is 13.2 Å². The first-order valence-electron chi connectivity index (χ1n) is 4.12. The molecule has 6 nitrogen and oxygen atoms in total. The Morgan fingerprint density at radius 2 is 1.50 bits per heavy atom. The Hall–Kier alpha value is -0.660. The summed E-state index contributed by atoms with van der Waals surface area (Å²) in [5.74, 6) is 0. The molecule has 14 heavy (non-hydrogen) atoms. The molecule has 0 bridgehead atoms. The molecule has 86 valence electrons. The summed E-state index contributed by atoms with van der Waals surface area (Å²) in [6, 6.07) is 0. The SMILES string of the molecule is C=COC(OCC)OCC.OC(O)O. The summed E-state index contributed by atoms with van der Waals surface area (Å²) in [5, 5.41) is 21.5. The highest BCUT2D eigenvalue weighted by atomic mass is 16.8. The van der Waals surface area contributed by atoms with Gasteiger partial charge in [-0.2, -0.15) is 0 Å². The number of aliphatic hydroxyl groups excluding tert-OH is 1. The molecule has 3 N–H and O–H groups in total. The van der Waals surface area contributed by atoms with E-state index in [9.17, 15) is 0 Å². The summed E-state index contributed by atoms with van der Waals surface area (Å²) in [6.45, 7) is 5.51. The van der Waals surface area contributed by atoms with Gasteiger partial charge in [0.15, 0.2) is 0 Å². The molecule has 0 spiro atoms. The van der Waals surface area contributed by atoms with Crippen molar-refractivity contribution in [2.45, 2.75) is 26.8 Å². The van der Waals surface area contributed by atoms with Crippen LogP contribution in [-0.4, -0.2) is 41.5 Å². The van der Waals surface area contributed by atoms with E-state index in [1.54, 1.807) is 0 Å². The molecule has 0 heterocycles. The van der Waals surface area contributed by atoms with Crippen LogP contribution >= 0.6 is 0 Å². The van der Waals surface area contributed by atoms with Crippen molar-refractivity contribution < 1.29 is 29.5 Å². The second kappa shape index (κ2) is 12.3. The van der Waals surface area contributed by atoms with Crippen LogP contribution in [0.5, 0.6) is 0 Å². The minimum absolute atomic E-state index is 0.568. The summed E-state index contributed by atoms with van der Waals surface area (Å²) in [5.41, 5.74) is 0. The average Bonchev–Trinajstić information content (AvgIpc) is 2.04. The highest BCUT2D eigenvalue weighted by Gasteiger charge is 2.04. The number of hydrogen-bond donors (Lipinski definition) is 3. The third kappa shape index (κ3) is 17.4. The van der Waals surface area contributed by atoms with Crippen LogP contribution in [0, 0.1) is 0 Å². The number of hydrogen-bond acceptors (Lipinski definition) is 6. The molecule has 6 heteroatoms. The van der Waals surface area contributed by atoms with Crippen molar-refractivity contribution in [2.24, 2.45) is 0 Å². The van der Waals surface area contributed by atoms with E-state index in [4.69, 9.17) is 29.5 Å². The van der Waals surface area contributed by atoms with E-state index in [1.165, 1.54) is 6.26 Å². The molecule has 0 atom stereocenters. The lowest BCUT2D eigenvalue weighted by Gasteiger charge is -2.14. The summed E-state index contributed by atoms with van der Waals surface area (Å²) in [7, 11) is 0. The van der Waals surface area contributed by atoms with Crippen molar-refractivity contribution in [3.63, 3.8) is 0 Å². The number of aliphatic hydroxyl groups is 3. The van der Waals surface area contributed by atoms with Crippen LogP contribution in [0.2, 0.25) is 0 Å². The third-order valence-electron chi connectivity index (χ3n) is 0.813. The first-order chi connectivity index (χ1) is 6.58. The summed E-state index contributed by atoms with van der Waals surface area (Å²) < 4.78 is 14.9. The van der Waals surface area contributed by atoms with Crippen molar-refractivity contribution >= 4 is 0 Å². The molecule has 0 aromatic carbocycles. The molecule has 0 aromatic heterocycles. The van der Waals surface area contributed by atoms with Crippen molar-refractivity contribution in [3.8, 4) is 0 Å². The smallest absolute Gasteiger partial charge is 0.315 e. The molecular formula is C8H18O6. The monoisotopic (exact) mass is 210 g/mol. The van der Waals surface area contributed by atoms with Gasteiger partial charge in [0.1, 0.15) is 0 Å². The molecule has 0 aliphatic heterocycles. The van der Waals surface area contributed by atoms with Crippen LogP contribution in [-0.2, 0) is 14.2 Å². The van der Waals surface area contributed by atoms with Crippen LogP contribution in [0.15, 0.2) is 12.8 Å². The van der Waals surface area contributed by atoms with E-state index in [-0.39, 0.29) is 0 Å². The van der Waals surface area contributed by atoms with Crippen molar-refractivity contribution in [3.05, 3.63) is 12.8 Å². The largest absolute Gasteiger partial charge is 0.450 e. The zero-order valence-electron chi connectivity index (χ0n) is 8.42. The minimum Gasteiger partial charge on any atom is -0.450 e. The molecule has 0 rings (SSSR count). The minimum atomic E-state index is -2.17. The second-order valence-electron chi connectivity index (χ2n) is 1.85. The quantitative estimate of drug-likeness (QED) is 0.414. The first kappa shape index (κ1) is 15.8. The van der Waals surface area contributed by atoms with Gasteiger partial charge in [-0.25, -0.2) is 0 Å². The molecule has 0 aliphatic rings. The van der Waals surface area contributed by atoms with Crippen LogP contribution in [0.25, 0.3) is 0 Å². The normalized spacial score (nSPS) is 9.64. The fourth-order valence-electron chi connectivity index (χ4n) is 0.477. The summed E-state index contributed by atoms with van der Waals surface area (Å²) in [6.07, 6.45) is 1.30. The molecule has 0 unspecified atom stereocenters. The van der Waals surface area contributed by atoms with E-state index < -0.39 is 13.0 Å². The number of rotatable bonds is 6. The molecule has 0 saturated carbocycles. The first-order valence-corrected chi connectivity index (χ1v) is 4.12. The van der Waals surface area contributed by atoms with Crippen LogP contribution in [0.4, 0.5) is 0 Å². The van der Waals surface area contributed by atoms with E-state index in [0.717, 1.165) is 0 Å². The second-order valence-corrected chi connectivity index (χ2v) is 1.85. The Balaban J connectivity index is 0. The van der Waals surface area contributed by atoms with Crippen molar-refractivity contribution in [1.29, 1.82) is 0 Å². The Morgan fingerprint density at radius 1 is 1.14 bits per heavy atom. The maximum Gasteiger partial charge on any atom is 0.315 e. The van der Waals surface area contributed by atoms with E-state index in [2.05, 4.69) is 6.58 Å². The summed E-state index contributed by atoms with van der Waals surface area (Å²) in [4.78, 5) is 0. The van der Waals surface area contributed by atoms with Gasteiger partial charge in [0, 0.05) is 0 Å².